The van der Waals surface area contributed by atoms with Crippen LogP contribution in [0.25, 0.3) is 0 Å². The van der Waals surface area contributed by atoms with Gasteiger partial charge in [0.2, 0.25) is 0 Å². The standard InChI is InChI=1S/C13H20N4O/c1-15-13-6-3-5-12(16-13)11-17(8-4-7-14)9-10-18-2/h3,5-6H,4,8-11H2,1-2H3,(H,15,16). The van der Waals surface area contributed by atoms with Crippen LogP contribution in [0, 0.1) is 11.3 Å². The van der Waals surface area contributed by atoms with E-state index in [-0.39, 0.29) is 0 Å². The summed E-state index contributed by atoms with van der Waals surface area (Å²) in [7, 11) is 3.53. The summed E-state index contributed by atoms with van der Waals surface area (Å²) in [6.45, 7) is 2.95. The fourth-order valence-corrected chi connectivity index (χ4v) is 1.63. The summed E-state index contributed by atoms with van der Waals surface area (Å²) in [5.74, 6) is 0.861. The van der Waals surface area contributed by atoms with Crippen molar-refractivity contribution in [2.45, 2.75) is 13.0 Å². The van der Waals surface area contributed by atoms with Gasteiger partial charge in [-0.1, -0.05) is 6.07 Å². The Labute approximate surface area is 108 Å². The third-order valence-corrected chi connectivity index (χ3v) is 2.60. The van der Waals surface area contributed by atoms with Crippen LogP contribution in [0.3, 0.4) is 0 Å². The Morgan fingerprint density at radius 1 is 1.44 bits per heavy atom. The molecule has 5 heteroatoms. The summed E-state index contributed by atoms with van der Waals surface area (Å²) in [5.41, 5.74) is 0.996. The van der Waals surface area contributed by atoms with Crippen molar-refractivity contribution < 1.29 is 4.74 Å². The van der Waals surface area contributed by atoms with Crippen LogP contribution in [0.5, 0.6) is 0 Å². The topological polar surface area (TPSA) is 61.2 Å². The van der Waals surface area contributed by atoms with E-state index in [1.165, 1.54) is 0 Å². The van der Waals surface area contributed by atoms with E-state index < -0.39 is 0 Å². The average molecular weight is 248 g/mol. The van der Waals surface area contributed by atoms with Gasteiger partial charge < -0.3 is 10.1 Å². The molecule has 98 valence electrons. The molecule has 1 N–H and O–H groups in total. The third kappa shape index (κ3) is 5.13. The smallest absolute Gasteiger partial charge is 0.126 e. The zero-order chi connectivity index (χ0) is 13.2. The van der Waals surface area contributed by atoms with Gasteiger partial charge in [-0.15, -0.1) is 0 Å². The van der Waals surface area contributed by atoms with Crippen molar-refractivity contribution >= 4 is 5.82 Å². The molecule has 1 aromatic heterocycles. The maximum atomic E-state index is 8.66. The van der Waals surface area contributed by atoms with E-state index in [0.717, 1.165) is 31.1 Å². The number of ether oxygens (including phenoxy) is 1. The zero-order valence-electron chi connectivity index (χ0n) is 11.0. The Bertz CT molecular complexity index is 389. The van der Waals surface area contributed by atoms with Crippen molar-refractivity contribution in [3.63, 3.8) is 0 Å². The van der Waals surface area contributed by atoms with Crippen LogP contribution in [0.2, 0.25) is 0 Å². The Hall–Kier alpha value is -1.64. The SMILES string of the molecule is CNc1cccc(CN(CCC#N)CCOC)n1. The second-order valence-corrected chi connectivity index (χ2v) is 3.94. The van der Waals surface area contributed by atoms with E-state index in [9.17, 15) is 0 Å². The van der Waals surface area contributed by atoms with Crippen molar-refractivity contribution in [2.24, 2.45) is 0 Å². The first-order valence-corrected chi connectivity index (χ1v) is 6.02. The highest BCUT2D eigenvalue weighted by molar-refractivity contribution is 5.34. The number of nitrogens with zero attached hydrogens (tertiary/aromatic N) is 3. The van der Waals surface area contributed by atoms with Gasteiger partial charge in [0.25, 0.3) is 0 Å². The number of aromatic nitrogens is 1. The predicted octanol–water partition coefficient (Wildman–Crippen LogP) is 1.49. The molecule has 0 atom stereocenters. The van der Waals surface area contributed by atoms with E-state index in [4.69, 9.17) is 10.00 Å². The summed E-state index contributed by atoms with van der Waals surface area (Å²) < 4.78 is 5.08. The van der Waals surface area contributed by atoms with E-state index >= 15 is 0 Å². The van der Waals surface area contributed by atoms with Crippen LogP contribution in [0.1, 0.15) is 12.1 Å². The highest BCUT2D eigenvalue weighted by atomic mass is 16.5. The average Bonchev–Trinajstić information content (AvgIpc) is 2.42. The van der Waals surface area contributed by atoms with Gasteiger partial charge >= 0.3 is 0 Å². The van der Waals surface area contributed by atoms with Gasteiger partial charge in [0.15, 0.2) is 0 Å². The molecule has 5 nitrogen and oxygen atoms in total. The Morgan fingerprint density at radius 3 is 2.94 bits per heavy atom. The van der Waals surface area contributed by atoms with E-state index in [0.29, 0.717) is 13.0 Å². The summed E-state index contributed by atoms with van der Waals surface area (Å²) >= 11 is 0. The van der Waals surface area contributed by atoms with Gasteiger partial charge in [0.05, 0.1) is 18.4 Å². The summed E-state index contributed by atoms with van der Waals surface area (Å²) in [5, 5.41) is 11.7. The van der Waals surface area contributed by atoms with Gasteiger partial charge in [-0.2, -0.15) is 5.26 Å². The fourth-order valence-electron chi connectivity index (χ4n) is 1.63. The lowest BCUT2D eigenvalue weighted by atomic mass is 10.3. The normalized spacial score (nSPS) is 10.3. The lowest BCUT2D eigenvalue weighted by Crippen LogP contribution is -2.28. The molecule has 0 saturated carbocycles. The minimum Gasteiger partial charge on any atom is -0.383 e. The number of hydrogen-bond donors (Lipinski definition) is 1. The molecule has 0 saturated heterocycles. The molecular weight excluding hydrogens is 228 g/mol. The van der Waals surface area contributed by atoms with Gasteiger partial charge in [0.1, 0.15) is 5.82 Å². The lowest BCUT2D eigenvalue weighted by molar-refractivity contribution is 0.144. The molecule has 1 aromatic rings. The monoisotopic (exact) mass is 248 g/mol. The van der Waals surface area contributed by atoms with Crippen molar-refractivity contribution in [3.8, 4) is 6.07 Å². The Morgan fingerprint density at radius 2 is 2.28 bits per heavy atom. The molecule has 0 radical (unpaired) electrons. The largest absolute Gasteiger partial charge is 0.383 e. The number of hydrogen-bond acceptors (Lipinski definition) is 5. The molecule has 18 heavy (non-hydrogen) atoms. The van der Waals surface area contributed by atoms with Gasteiger partial charge in [0, 0.05) is 40.2 Å². The van der Waals surface area contributed by atoms with Gasteiger partial charge in [-0.25, -0.2) is 4.98 Å². The Balaban J connectivity index is 2.59. The van der Waals surface area contributed by atoms with Gasteiger partial charge in [-0.3, -0.25) is 4.90 Å². The molecule has 0 bridgehead atoms. The number of pyridine rings is 1. The molecular formula is C13H20N4O. The van der Waals surface area contributed by atoms with Crippen LogP contribution < -0.4 is 5.32 Å². The molecule has 0 fully saturated rings. The quantitative estimate of drug-likeness (QED) is 0.755. The number of anilines is 1. The van der Waals surface area contributed by atoms with E-state index in [2.05, 4.69) is 21.3 Å². The highest BCUT2D eigenvalue weighted by Gasteiger charge is 2.06. The van der Waals surface area contributed by atoms with E-state index in [1.54, 1.807) is 7.11 Å². The molecule has 0 unspecified atom stereocenters. The molecule has 0 aliphatic rings. The van der Waals surface area contributed by atoms with Crippen LogP contribution in [-0.2, 0) is 11.3 Å². The first kappa shape index (κ1) is 14.4. The summed E-state index contributed by atoms with van der Waals surface area (Å²) in [4.78, 5) is 6.65. The molecule has 0 spiro atoms. The molecule has 1 rings (SSSR count). The molecule has 0 aromatic carbocycles. The second kappa shape index (κ2) is 8.45. The second-order valence-electron chi connectivity index (χ2n) is 3.94. The zero-order valence-corrected chi connectivity index (χ0v) is 11.0. The van der Waals surface area contributed by atoms with Crippen molar-refractivity contribution in [1.29, 1.82) is 5.26 Å². The summed E-state index contributed by atoms with van der Waals surface area (Å²) in [6.07, 6.45) is 0.523. The lowest BCUT2D eigenvalue weighted by Gasteiger charge is -2.20. The molecule has 1 heterocycles. The maximum Gasteiger partial charge on any atom is 0.126 e. The van der Waals surface area contributed by atoms with Crippen LogP contribution in [0.4, 0.5) is 5.82 Å². The molecule has 0 aliphatic heterocycles. The van der Waals surface area contributed by atoms with Crippen molar-refractivity contribution in [1.82, 2.24) is 9.88 Å². The minimum absolute atomic E-state index is 0.523. The molecule has 0 amide bonds. The maximum absolute atomic E-state index is 8.66. The number of methoxy groups -OCH3 is 1. The number of nitrogens with one attached hydrogen (secondary N) is 1. The third-order valence-electron chi connectivity index (χ3n) is 2.60. The van der Waals surface area contributed by atoms with Crippen LogP contribution in [0.15, 0.2) is 18.2 Å². The highest BCUT2D eigenvalue weighted by Crippen LogP contribution is 2.07. The van der Waals surface area contributed by atoms with Gasteiger partial charge in [-0.05, 0) is 12.1 Å². The Kier molecular flexibility index (Phi) is 6.77. The van der Waals surface area contributed by atoms with Crippen LogP contribution >= 0.6 is 0 Å². The van der Waals surface area contributed by atoms with Crippen molar-refractivity contribution in [2.75, 3.05) is 39.2 Å². The number of rotatable bonds is 8. The van der Waals surface area contributed by atoms with E-state index in [1.807, 2.05) is 25.2 Å². The molecule has 0 aliphatic carbocycles. The predicted molar refractivity (Wildman–Crippen MR) is 71.2 cm³/mol. The van der Waals surface area contributed by atoms with Crippen molar-refractivity contribution in [3.05, 3.63) is 23.9 Å². The number of nitriles is 1. The van der Waals surface area contributed by atoms with Crippen LogP contribution in [-0.4, -0.2) is 43.7 Å². The first-order chi connectivity index (χ1) is 8.80. The minimum atomic E-state index is 0.523. The first-order valence-electron chi connectivity index (χ1n) is 6.02. The fraction of sp³-hybridized carbons (Fsp3) is 0.538. The summed E-state index contributed by atoms with van der Waals surface area (Å²) in [6, 6.07) is 8.07.